The summed E-state index contributed by atoms with van der Waals surface area (Å²) in [5.74, 6) is 0. The molecule has 1 heterocycles. The second kappa shape index (κ2) is 5.90. The summed E-state index contributed by atoms with van der Waals surface area (Å²) in [5.41, 5.74) is 1.12. The first kappa shape index (κ1) is 13.5. The number of fused-ring (bicyclic) bond motifs is 1. The van der Waals surface area contributed by atoms with Crippen molar-refractivity contribution in [3.8, 4) is 0 Å². The van der Waals surface area contributed by atoms with Gasteiger partial charge in [0.25, 0.3) is 0 Å². The highest BCUT2D eigenvalue weighted by Gasteiger charge is 2.30. The molecule has 0 radical (unpaired) electrons. The van der Waals surface area contributed by atoms with Crippen molar-refractivity contribution in [3.63, 3.8) is 0 Å². The summed E-state index contributed by atoms with van der Waals surface area (Å²) in [6.45, 7) is 1.00. The molecular weight excluding hydrogens is 248 g/mol. The molecule has 1 aliphatic rings. The average Bonchev–Trinajstić information content (AvgIpc) is 2.54. The summed E-state index contributed by atoms with van der Waals surface area (Å²) in [5, 5.41) is 15.8. The highest BCUT2D eigenvalue weighted by molar-refractivity contribution is 5.84. The highest BCUT2D eigenvalue weighted by atomic mass is 16.3. The second-order valence-corrected chi connectivity index (χ2v) is 5.87. The molecule has 1 aromatic heterocycles. The van der Waals surface area contributed by atoms with Crippen molar-refractivity contribution >= 4 is 10.8 Å². The van der Waals surface area contributed by atoms with Gasteiger partial charge in [-0.05, 0) is 23.8 Å². The van der Waals surface area contributed by atoms with Gasteiger partial charge in [-0.3, -0.25) is 4.98 Å². The van der Waals surface area contributed by atoms with E-state index in [0.717, 1.165) is 19.4 Å². The molecule has 0 amide bonds. The molecule has 0 atom stereocenters. The van der Waals surface area contributed by atoms with Gasteiger partial charge in [0.15, 0.2) is 0 Å². The third-order valence-corrected chi connectivity index (χ3v) is 4.52. The van der Waals surface area contributed by atoms with E-state index in [9.17, 15) is 5.11 Å². The molecule has 2 aromatic rings. The molecule has 1 aromatic carbocycles. The lowest BCUT2D eigenvalue weighted by atomic mass is 9.82. The van der Waals surface area contributed by atoms with Gasteiger partial charge in [-0.25, -0.2) is 0 Å². The number of nitrogens with one attached hydrogen (secondary N) is 1. The van der Waals surface area contributed by atoms with Gasteiger partial charge >= 0.3 is 0 Å². The van der Waals surface area contributed by atoms with Gasteiger partial charge < -0.3 is 10.4 Å². The summed E-state index contributed by atoms with van der Waals surface area (Å²) in [6, 6.07) is 8.33. The topological polar surface area (TPSA) is 45.1 Å². The molecule has 0 unspecified atom stereocenters. The molecule has 20 heavy (non-hydrogen) atoms. The molecule has 2 N–H and O–H groups in total. The van der Waals surface area contributed by atoms with Gasteiger partial charge in [-0.15, -0.1) is 0 Å². The zero-order chi connectivity index (χ0) is 13.8. The number of aliphatic hydroxyl groups excluding tert-OH is 1. The normalized spacial score (nSPS) is 18.2. The van der Waals surface area contributed by atoms with Gasteiger partial charge in [0.2, 0.25) is 0 Å². The molecule has 106 valence electrons. The van der Waals surface area contributed by atoms with Crippen LogP contribution in [0.25, 0.3) is 10.8 Å². The van der Waals surface area contributed by atoms with Gasteiger partial charge in [0.1, 0.15) is 0 Å². The minimum atomic E-state index is -0.0881. The predicted molar refractivity (Wildman–Crippen MR) is 81.5 cm³/mol. The average molecular weight is 270 g/mol. The largest absolute Gasteiger partial charge is 0.394 e. The van der Waals surface area contributed by atoms with Crippen molar-refractivity contribution in [1.29, 1.82) is 0 Å². The Morgan fingerprint density at radius 2 is 1.90 bits per heavy atom. The van der Waals surface area contributed by atoms with Crippen LogP contribution >= 0.6 is 0 Å². The molecule has 3 heteroatoms. The Balaban J connectivity index is 1.79. The number of benzene rings is 1. The molecule has 3 rings (SSSR count). The summed E-state index contributed by atoms with van der Waals surface area (Å²) < 4.78 is 0. The van der Waals surface area contributed by atoms with E-state index in [1.807, 2.05) is 18.5 Å². The lowest BCUT2D eigenvalue weighted by molar-refractivity contribution is 0.119. The SMILES string of the molecule is OCC1(NCc2cncc3ccccc23)CCCCC1. The van der Waals surface area contributed by atoms with Crippen molar-refractivity contribution in [3.05, 3.63) is 42.2 Å². The number of aliphatic hydroxyl groups is 1. The monoisotopic (exact) mass is 270 g/mol. The third kappa shape index (κ3) is 2.69. The lowest BCUT2D eigenvalue weighted by Gasteiger charge is -2.36. The van der Waals surface area contributed by atoms with E-state index in [-0.39, 0.29) is 12.1 Å². The Bertz CT molecular complexity index is 571. The number of hydrogen-bond donors (Lipinski definition) is 2. The van der Waals surface area contributed by atoms with Crippen LogP contribution in [0.1, 0.15) is 37.7 Å². The number of rotatable bonds is 4. The minimum Gasteiger partial charge on any atom is -0.394 e. The van der Waals surface area contributed by atoms with E-state index in [2.05, 4.69) is 28.5 Å². The van der Waals surface area contributed by atoms with Gasteiger partial charge in [-0.1, -0.05) is 43.5 Å². The third-order valence-electron chi connectivity index (χ3n) is 4.52. The van der Waals surface area contributed by atoms with Crippen molar-refractivity contribution in [1.82, 2.24) is 10.3 Å². The maximum atomic E-state index is 9.75. The fraction of sp³-hybridized carbons (Fsp3) is 0.471. The van der Waals surface area contributed by atoms with Gasteiger partial charge in [0.05, 0.1) is 6.61 Å². The maximum Gasteiger partial charge on any atom is 0.0613 e. The van der Waals surface area contributed by atoms with E-state index >= 15 is 0 Å². The number of nitrogens with zero attached hydrogens (tertiary/aromatic N) is 1. The van der Waals surface area contributed by atoms with Crippen molar-refractivity contribution in [2.24, 2.45) is 0 Å². The molecule has 3 nitrogen and oxygen atoms in total. The Labute approximate surface area is 120 Å². The van der Waals surface area contributed by atoms with Crippen molar-refractivity contribution in [2.45, 2.75) is 44.2 Å². The molecule has 0 bridgehead atoms. The lowest BCUT2D eigenvalue weighted by Crippen LogP contribution is -2.49. The van der Waals surface area contributed by atoms with E-state index in [0.29, 0.717) is 0 Å². The molecule has 1 fully saturated rings. The summed E-state index contributed by atoms with van der Waals surface area (Å²) in [7, 11) is 0. The first-order chi connectivity index (χ1) is 9.83. The highest BCUT2D eigenvalue weighted by Crippen LogP contribution is 2.28. The van der Waals surface area contributed by atoms with Crippen LogP contribution in [0.5, 0.6) is 0 Å². The van der Waals surface area contributed by atoms with Crippen LogP contribution in [0.4, 0.5) is 0 Å². The van der Waals surface area contributed by atoms with Crippen LogP contribution in [-0.2, 0) is 6.54 Å². The standard InChI is InChI=1S/C17H22N2O/c20-13-17(8-4-1-5-9-17)19-12-15-11-18-10-14-6-2-3-7-16(14)15/h2-3,6-7,10-11,19-20H,1,4-5,8-9,12-13H2. The number of aromatic nitrogens is 1. The first-order valence-electron chi connectivity index (χ1n) is 7.51. The van der Waals surface area contributed by atoms with Crippen LogP contribution in [0.2, 0.25) is 0 Å². The second-order valence-electron chi connectivity index (χ2n) is 5.87. The Morgan fingerprint density at radius 3 is 2.70 bits per heavy atom. The zero-order valence-corrected chi connectivity index (χ0v) is 11.8. The number of pyridine rings is 1. The summed E-state index contributed by atoms with van der Waals surface area (Å²) in [4.78, 5) is 4.32. The molecule has 1 saturated carbocycles. The van der Waals surface area contributed by atoms with E-state index in [1.165, 1.54) is 35.6 Å². The van der Waals surface area contributed by atoms with E-state index in [4.69, 9.17) is 0 Å². The fourth-order valence-electron chi connectivity index (χ4n) is 3.22. The molecule has 0 spiro atoms. The van der Waals surface area contributed by atoms with E-state index in [1.54, 1.807) is 0 Å². The Kier molecular flexibility index (Phi) is 3.99. The van der Waals surface area contributed by atoms with Crippen LogP contribution in [0.15, 0.2) is 36.7 Å². The fourth-order valence-corrected chi connectivity index (χ4v) is 3.22. The summed E-state index contributed by atoms with van der Waals surface area (Å²) >= 11 is 0. The molecule has 0 aliphatic heterocycles. The van der Waals surface area contributed by atoms with E-state index < -0.39 is 0 Å². The maximum absolute atomic E-state index is 9.75. The Hall–Kier alpha value is -1.45. The quantitative estimate of drug-likeness (QED) is 0.897. The number of hydrogen-bond acceptors (Lipinski definition) is 3. The Morgan fingerprint density at radius 1 is 1.10 bits per heavy atom. The predicted octanol–water partition coefficient (Wildman–Crippen LogP) is 3.02. The van der Waals surface area contributed by atoms with Gasteiger partial charge in [0, 0.05) is 29.9 Å². The minimum absolute atomic E-state index is 0.0881. The molecular formula is C17H22N2O. The summed E-state index contributed by atoms with van der Waals surface area (Å²) in [6.07, 6.45) is 9.69. The van der Waals surface area contributed by atoms with Gasteiger partial charge in [-0.2, -0.15) is 0 Å². The van der Waals surface area contributed by atoms with Crippen molar-refractivity contribution in [2.75, 3.05) is 6.61 Å². The molecule has 0 saturated heterocycles. The van der Waals surface area contributed by atoms with Crippen molar-refractivity contribution < 1.29 is 5.11 Å². The van der Waals surface area contributed by atoms with Crippen LogP contribution in [-0.4, -0.2) is 22.2 Å². The first-order valence-corrected chi connectivity index (χ1v) is 7.51. The molecule has 1 aliphatic carbocycles. The van der Waals surface area contributed by atoms with Crippen LogP contribution < -0.4 is 5.32 Å². The smallest absolute Gasteiger partial charge is 0.0613 e. The van der Waals surface area contributed by atoms with Crippen LogP contribution in [0, 0.1) is 0 Å². The zero-order valence-electron chi connectivity index (χ0n) is 11.8. The van der Waals surface area contributed by atoms with Crippen LogP contribution in [0.3, 0.4) is 0 Å².